The number of hydrogen-bond donors (Lipinski definition) is 0. The minimum atomic E-state index is -0.334. The average Bonchev–Trinajstić information content (AvgIpc) is 3.53. The highest BCUT2D eigenvalue weighted by atomic mass is 14.5. The van der Waals surface area contributed by atoms with Gasteiger partial charge in [0.2, 0.25) is 0 Å². The Kier molecular flexibility index (Phi) is 4.98. The molecule has 2 aliphatic carbocycles. The summed E-state index contributed by atoms with van der Waals surface area (Å²) in [5.41, 5.74) is 16.0. The van der Waals surface area contributed by atoms with Crippen LogP contribution in [0.3, 0.4) is 0 Å². The Morgan fingerprint density at radius 3 is 1.64 bits per heavy atom. The van der Waals surface area contributed by atoms with Gasteiger partial charge in [-0.3, -0.25) is 0 Å². The van der Waals surface area contributed by atoms with Gasteiger partial charge < -0.3 is 0 Å². The summed E-state index contributed by atoms with van der Waals surface area (Å²) in [6.45, 7) is 0. The van der Waals surface area contributed by atoms with Crippen molar-refractivity contribution >= 4 is 10.8 Å². The fraction of sp³-hybridized carbons (Fsp3) is 0.0476. The van der Waals surface area contributed by atoms with Gasteiger partial charge in [-0.15, -0.1) is 0 Å². The molecule has 0 heteroatoms. The van der Waals surface area contributed by atoms with Crippen molar-refractivity contribution in [3.05, 3.63) is 191 Å². The second kappa shape index (κ2) is 8.90. The van der Waals surface area contributed by atoms with E-state index in [0.29, 0.717) is 0 Å². The van der Waals surface area contributed by atoms with Crippen LogP contribution >= 0.6 is 0 Å². The normalized spacial score (nSPS) is 13.5. The Morgan fingerprint density at radius 2 is 0.905 bits per heavy atom. The Hall–Kier alpha value is -5.20. The minimum Gasteiger partial charge on any atom is -0.0622 e. The maximum Gasteiger partial charge on any atom is 0.0725 e. The van der Waals surface area contributed by atoms with Gasteiger partial charge in [0, 0.05) is 0 Å². The van der Waals surface area contributed by atoms with Crippen LogP contribution in [0.25, 0.3) is 44.2 Å². The quantitative estimate of drug-likeness (QED) is 0.212. The molecule has 0 saturated carbocycles. The van der Waals surface area contributed by atoms with Gasteiger partial charge in [-0.1, -0.05) is 158 Å². The van der Waals surface area contributed by atoms with Crippen LogP contribution in [0, 0.1) is 0 Å². The summed E-state index contributed by atoms with van der Waals surface area (Å²) in [5.74, 6) is 0. The number of fused-ring (bicyclic) bond motifs is 11. The summed E-state index contributed by atoms with van der Waals surface area (Å²) in [5, 5.41) is 2.59. The van der Waals surface area contributed by atoms with Crippen molar-refractivity contribution < 1.29 is 0 Å². The lowest BCUT2D eigenvalue weighted by Gasteiger charge is -2.30. The third-order valence-corrected chi connectivity index (χ3v) is 9.54. The topological polar surface area (TPSA) is 0 Å². The van der Waals surface area contributed by atoms with Crippen LogP contribution in [0.2, 0.25) is 0 Å². The monoisotopic (exact) mass is 532 g/mol. The first-order chi connectivity index (χ1) is 20.9. The van der Waals surface area contributed by atoms with Crippen molar-refractivity contribution in [2.45, 2.75) is 11.8 Å². The zero-order valence-electron chi connectivity index (χ0n) is 23.2. The van der Waals surface area contributed by atoms with Gasteiger partial charge in [0.25, 0.3) is 0 Å². The zero-order chi connectivity index (χ0) is 27.7. The van der Waals surface area contributed by atoms with Gasteiger partial charge in [-0.25, -0.2) is 0 Å². The van der Waals surface area contributed by atoms with E-state index in [4.69, 9.17) is 0 Å². The first-order valence-electron chi connectivity index (χ1n) is 14.8. The Balaban J connectivity index is 1.41. The number of rotatable bonds is 3. The van der Waals surface area contributed by atoms with E-state index >= 15 is 0 Å². The van der Waals surface area contributed by atoms with E-state index in [9.17, 15) is 0 Å². The molecular weight excluding hydrogens is 504 g/mol. The smallest absolute Gasteiger partial charge is 0.0622 e. The van der Waals surface area contributed by atoms with Gasteiger partial charge in [0.1, 0.15) is 0 Å². The summed E-state index contributed by atoms with van der Waals surface area (Å²) in [4.78, 5) is 0. The van der Waals surface area contributed by atoms with Gasteiger partial charge in [0.15, 0.2) is 0 Å². The van der Waals surface area contributed by atoms with Crippen LogP contribution in [0.4, 0.5) is 0 Å². The van der Waals surface area contributed by atoms with Crippen LogP contribution in [0.5, 0.6) is 0 Å². The third-order valence-electron chi connectivity index (χ3n) is 9.54. The SMILES string of the molecule is c1ccc(Cc2ccc3ccccc3c2-c2cccc3c2-c2ccccc2C32c3ccccc3-c3ccccc32)cc1. The average molecular weight is 533 g/mol. The number of hydrogen-bond acceptors (Lipinski definition) is 0. The molecule has 1 spiro atoms. The standard InChI is InChI=1S/C42H28/c1-2-13-28(14-3-1)27-30-26-25-29-15-4-5-16-31(29)40(30)35-20-12-24-39-41(35)34-19-8-11-23-38(34)42(39)36-21-9-6-17-32(36)33-18-7-10-22-37(33)42/h1-26H,27H2. The highest BCUT2D eigenvalue weighted by Crippen LogP contribution is 2.64. The molecule has 0 aromatic heterocycles. The summed E-state index contributed by atoms with van der Waals surface area (Å²) in [7, 11) is 0. The molecule has 0 heterocycles. The molecule has 196 valence electrons. The van der Waals surface area contributed by atoms with Crippen LogP contribution in [-0.2, 0) is 11.8 Å². The van der Waals surface area contributed by atoms with Gasteiger partial charge in [-0.2, -0.15) is 0 Å². The number of benzene rings is 7. The van der Waals surface area contributed by atoms with Crippen molar-refractivity contribution in [3.8, 4) is 33.4 Å². The highest BCUT2D eigenvalue weighted by molar-refractivity contribution is 6.06. The first-order valence-corrected chi connectivity index (χ1v) is 14.8. The van der Waals surface area contributed by atoms with Crippen LogP contribution in [-0.4, -0.2) is 0 Å². The van der Waals surface area contributed by atoms with E-state index in [1.165, 1.54) is 77.5 Å². The molecule has 0 aliphatic heterocycles. The molecule has 0 amide bonds. The third kappa shape index (κ3) is 3.07. The summed E-state index contributed by atoms with van der Waals surface area (Å²) in [6, 6.07) is 58.6. The van der Waals surface area contributed by atoms with E-state index in [2.05, 4.69) is 158 Å². The molecule has 0 radical (unpaired) electrons. The fourth-order valence-corrected chi connectivity index (χ4v) is 7.95. The fourth-order valence-electron chi connectivity index (χ4n) is 7.95. The molecule has 0 bridgehead atoms. The molecule has 0 N–H and O–H groups in total. The predicted octanol–water partition coefficient (Wildman–Crippen LogP) is 10.4. The van der Waals surface area contributed by atoms with E-state index < -0.39 is 0 Å². The van der Waals surface area contributed by atoms with Crippen molar-refractivity contribution in [3.63, 3.8) is 0 Å². The molecule has 7 aromatic rings. The molecule has 2 aliphatic rings. The molecular formula is C42H28. The molecule has 0 unspecified atom stereocenters. The predicted molar refractivity (Wildman–Crippen MR) is 175 cm³/mol. The lowest BCUT2D eigenvalue weighted by molar-refractivity contribution is 0.794. The second-order valence-electron chi connectivity index (χ2n) is 11.6. The van der Waals surface area contributed by atoms with Crippen LogP contribution in [0.15, 0.2) is 158 Å². The van der Waals surface area contributed by atoms with Crippen molar-refractivity contribution in [2.75, 3.05) is 0 Å². The van der Waals surface area contributed by atoms with Crippen molar-refractivity contribution in [2.24, 2.45) is 0 Å². The van der Waals surface area contributed by atoms with E-state index in [1.54, 1.807) is 0 Å². The zero-order valence-corrected chi connectivity index (χ0v) is 23.2. The van der Waals surface area contributed by atoms with E-state index in [0.717, 1.165) is 6.42 Å². The van der Waals surface area contributed by atoms with Crippen molar-refractivity contribution in [1.82, 2.24) is 0 Å². The Labute approximate surface area is 246 Å². The molecule has 0 fully saturated rings. The molecule has 0 atom stereocenters. The maximum atomic E-state index is 2.39. The molecule has 9 rings (SSSR count). The first kappa shape index (κ1) is 23.5. The van der Waals surface area contributed by atoms with E-state index in [1.807, 2.05) is 0 Å². The van der Waals surface area contributed by atoms with Crippen LogP contribution < -0.4 is 0 Å². The Bertz CT molecular complexity index is 2120. The molecule has 7 aromatic carbocycles. The molecule has 0 nitrogen and oxygen atoms in total. The van der Waals surface area contributed by atoms with E-state index in [-0.39, 0.29) is 5.41 Å². The Morgan fingerprint density at radius 1 is 0.357 bits per heavy atom. The van der Waals surface area contributed by atoms with Gasteiger partial charge in [-0.05, 0) is 84.0 Å². The maximum absolute atomic E-state index is 2.39. The molecule has 42 heavy (non-hydrogen) atoms. The molecule has 0 saturated heterocycles. The van der Waals surface area contributed by atoms with Gasteiger partial charge in [0.05, 0.1) is 5.41 Å². The minimum absolute atomic E-state index is 0.334. The van der Waals surface area contributed by atoms with Crippen molar-refractivity contribution in [1.29, 1.82) is 0 Å². The lowest BCUT2D eigenvalue weighted by atomic mass is 9.70. The summed E-state index contributed by atoms with van der Waals surface area (Å²) >= 11 is 0. The van der Waals surface area contributed by atoms with Gasteiger partial charge >= 0.3 is 0 Å². The highest BCUT2D eigenvalue weighted by Gasteiger charge is 2.52. The van der Waals surface area contributed by atoms with Crippen LogP contribution in [0.1, 0.15) is 33.4 Å². The summed E-state index contributed by atoms with van der Waals surface area (Å²) < 4.78 is 0. The lowest BCUT2D eigenvalue weighted by Crippen LogP contribution is -2.25. The largest absolute Gasteiger partial charge is 0.0725 e. The summed E-state index contributed by atoms with van der Waals surface area (Å²) in [6.07, 6.45) is 0.892. The second-order valence-corrected chi connectivity index (χ2v) is 11.6.